The van der Waals surface area contributed by atoms with E-state index in [1.54, 1.807) is 7.11 Å². The number of carboxylic acids is 2. The number of hydrogen-bond acceptors (Lipinski definition) is 6. The van der Waals surface area contributed by atoms with Crippen molar-refractivity contribution in [2.24, 2.45) is 0 Å². The molecule has 3 aromatic carbocycles. The number of carbonyl (C=O) groups is 2. The Labute approximate surface area is 204 Å². The van der Waals surface area contributed by atoms with E-state index in [1.807, 2.05) is 42.5 Å². The molecular weight excluding hydrogens is 448 g/mol. The quantitative estimate of drug-likeness (QED) is 0.493. The van der Waals surface area contributed by atoms with Crippen LogP contribution in [-0.2, 0) is 22.7 Å². The highest BCUT2D eigenvalue weighted by Gasteiger charge is 2.17. The second kappa shape index (κ2) is 13.1. The van der Waals surface area contributed by atoms with Crippen molar-refractivity contribution in [3.05, 3.63) is 90.0 Å². The fourth-order valence-electron chi connectivity index (χ4n) is 3.72. The molecule has 8 heteroatoms. The molecule has 0 amide bonds. The summed E-state index contributed by atoms with van der Waals surface area (Å²) in [5, 5.41) is 14.8. The summed E-state index contributed by atoms with van der Waals surface area (Å²) in [6, 6.07) is 26.7. The molecule has 0 saturated carbocycles. The molecule has 4 rings (SSSR count). The average Bonchev–Trinajstić information content (AvgIpc) is 2.86. The zero-order valence-corrected chi connectivity index (χ0v) is 19.7. The third-order valence-corrected chi connectivity index (χ3v) is 5.47. The van der Waals surface area contributed by atoms with E-state index >= 15 is 0 Å². The van der Waals surface area contributed by atoms with Gasteiger partial charge >= 0.3 is 11.9 Å². The summed E-state index contributed by atoms with van der Waals surface area (Å²) >= 11 is 0. The Morgan fingerprint density at radius 3 is 1.63 bits per heavy atom. The van der Waals surface area contributed by atoms with E-state index in [0.29, 0.717) is 0 Å². The predicted octanol–water partition coefficient (Wildman–Crippen LogP) is 3.96. The molecule has 184 valence electrons. The largest absolute Gasteiger partial charge is 0.497 e. The normalized spacial score (nSPS) is 13.9. The first-order valence-electron chi connectivity index (χ1n) is 11.3. The SMILES string of the molecule is COc1cccc(CN2CCN(Cc3cccc(Oc4ccccc4)c3)CC2)c1.O=C(O)C(=O)O. The van der Waals surface area contributed by atoms with Crippen LogP contribution in [0.1, 0.15) is 11.1 Å². The van der Waals surface area contributed by atoms with Crippen molar-refractivity contribution in [1.29, 1.82) is 0 Å². The van der Waals surface area contributed by atoms with Gasteiger partial charge in [-0.05, 0) is 47.5 Å². The molecule has 2 N–H and O–H groups in total. The van der Waals surface area contributed by atoms with Crippen molar-refractivity contribution >= 4 is 11.9 Å². The molecule has 8 nitrogen and oxygen atoms in total. The lowest BCUT2D eigenvalue weighted by Gasteiger charge is -2.34. The first-order valence-corrected chi connectivity index (χ1v) is 11.3. The second-order valence-corrected chi connectivity index (χ2v) is 8.08. The summed E-state index contributed by atoms with van der Waals surface area (Å²) < 4.78 is 11.3. The lowest BCUT2D eigenvalue weighted by molar-refractivity contribution is -0.159. The van der Waals surface area contributed by atoms with Gasteiger partial charge in [0, 0.05) is 39.3 Å². The smallest absolute Gasteiger partial charge is 0.414 e. The third kappa shape index (κ3) is 8.77. The monoisotopic (exact) mass is 478 g/mol. The fraction of sp³-hybridized carbons (Fsp3) is 0.259. The van der Waals surface area contributed by atoms with Gasteiger partial charge in [0.1, 0.15) is 17.2 Å². The first kappa shape index (κ1) is 25.7. The van der Waals surface area contributed by atoms with Crippen LogP contribution in [-0.4, -0.2) is 65.2 Å². The van der Waals surface area contributed by atoms with E-state index in [4.69, 9.17) is 29.3 Å². The van der Waals surface area contributed by atoms with E-state index in [9.17, 15) is 0 Å². The van der Waals surface area contributed by atoms with Gasteiger partial charge in [-0.2, -0.15) is 0 Å². The maximum Gasteiger partial charge on any atom is 0.414 e. The molecule has 1 heterocycles. The highest BCUT2D eigenvalue weighted by molar-refractivity contribution is 6.27. The molecular formula is C27H30N2O6. The molecule has 1 saturated heterocycles. The minimum atomic E-state index is -1.82. The van der Waals surface area contributed by atoms with Gasteiger partial charge in [-0.3, -0.25) is 9.80 Å². The lowest BCUT2D eigenvalue weighted by atomic mass is 10.1. The minimum Gasteiger partial charge on any atom is -0.497 e. The highest BCUT2D eigenvalue weighted by atomic mass is 16.5. The Morgan fingerprint density at radius 1 is 0.686 bits per heavy atom. The van der Waals surface area contributed by atoms with Crippen molar-refractivity contribution in [2.75, 3.05) is 33.3 Å². The number of nitrogens with zero attached hydrogens (tertiary/aromatic N) is 2. The molecule has 1 aliphatic rings. The molecule has 0 spiro atoms. The van der Waals surface area contributed by atoms with Crippen LogP contribution in [0.2, 0.25) is 0 Å². The standard InChI is InChI=1S/C25H28N2O2.C2H2O4/c1-28-24-11-5-7-21(17-24)19-26-13-15-27(16-14-26)20-22-8-6-12-25(18-22)29-23-9-3-2-4-10-23;3-1(4)2(5)6/h2-12,17-18H,13-16,19-20H2,1H3;(H,3,4)(H,5,6). The Morgan fingerprint density at radius 2 is 1.14 bits per heavy atom. The Balaban J connectivity index is 0.000000509. The molecule has 0 bridgehead atoms. The lowest BCUT2D eigenvalue weighted by Crippen LogP contribution is -2.45. The summed E-state index contributed by atoms with van der Waals surface area (Å²) in [5.74, 6) is -0.954. The van der Waals surface area contributed by atoms with E-state index in [2.05, 4.69) is 46.2 Å². The van der Waals surface area contributed by atoms with Gasteiger partial charge in [0.05, 0.1) is 7.11 Å². The predicted molar refractivity (Wildman–Crippen MR) is 132 cm³/mol. The van der Waals surface area contributed by atoms with E-state index in [1.165, 1.54) is 11.1 Å². The van der Waals surface area contributed by atoms with Crippen LogP contribution < -0.4 is 9.47 Å². The molecule has 0 radical (unpaired) electrons. The van der Waals surface area contributed by atoms with Gasteiger partial charge in [0.25, 0.3) is 0 Å². The summed E-state index contributed by atoms with van der Waals surface area (Å²) in [5.41, 5.74) is 2.60. The van der Waals surface area contributed by atoms with Crippen molar-refractivity contribution in [3.8, 4) is 17.2 Å². The maximum atomic E-state index is 9.10. The molecule has 0 atom stereocenters. The maximum absolute atomic E-state index is 9.10. The molecule has 3 aromatic rings. The van der Waals surface area contributed by atoms with Gasteiger partial charge in [0.2, 0.25) is 0 Å². The van der Waals surface area contributed by atoms with E-state index < -0.39 is 11.9 Å². The molecule has 35 heavy (non-hydrogen) atoms. The van der Waals surface area contributed by atoms with E-state index in [0.717, 1.165) is 56.5 Å². The number of hydrogen-bond donors (Lipinski definition) is 2. The van der Waals surface area contributed by atoms with Gasteiger partial charge < -0.3 is 19.7 Å². The molecule has 0 aliphatic carbocycles. The van der Waals surface area contributed by atoms with Crippen LogP contribution in [0, 0.1) is 0 Å². The van der Waals surface area contributed by atoms with Crippen molar-refractivity contribution < 1.29 is 29.3 Å². The topological polar surface area (TPSA) is 99.5 Å². The number of methoxy groups -OCH3 is 1. The van der Waals surface area contributed by atoms with Crippen LogP contribution in [0.3, 0.4) is 0 Å². The minimum absolute atomic E-state index is 0.871. The zero-order valence-electron chi connectivity index (χ0n) is 19.7. The average molecular weight is 479 g/mol. The highest BCUT2D eigenvalue weighted by Crippen LogP contribution is 2.23. The van der Waals surface area contributed by atoms with Gasteiger partial charge in [0.15, 0.2) is 0 Å². The molecule has 1 aliphatic heterocycles. The Kier molecular flexibility index (Phi) is 9.65. The van der Waals surface area contributed by atoms with Gasteiger partial charge in [-0.25, -0.2) is 9.59 Å². The van der Waals surface area contributed by atoms with Crippen molar-refractivity contribution in [1.82, 2.24) is 9.80 Å². The first-order chi connectivity index (χ1) is 16.9. The van der Waals surface area contributed by atoms with Crippen LogP contribution in [0.5, 0.6) is 17.2 Å². The van der Waals surface area contributed by atoms with Crippen LogP contribution in [0.25, 0.3) is 0 Å². The number of para-hydroxylation sites is 1. The zero-order chi connectivity index (χ0) is 25.0. The number of aliphatic carboxylic acids is 2. The second-order valence-electron chi connectivity index (χ2n) is 8.08. The number of benzene rings is 3. The molecule has 0 unspecified atom stereocenters. The summed E-state index contributed by atoms with van der Waals surface area (Å²) in [7, 11) is 1.72. The Hall–Kier alpha value is -3.88. The van der Waals surface area contributed by atoms with Gasteiger partial charge in [-0.1, -0.05) is 42.5 Å². The summed E-state index contributed by atoms with van der Waals surface area (Å²) in [6.07, 6.45) is 0. The number of ether oxygens (including phenoxy) is 2. The summed E-state index contributed by atoms with van der Waals surface area (Å²) in [4.78, 5) is 23.2. The fourth-order valence-corrected chi connectivity index (χ4v) is 3.72. The summed E-state index contributed by atoms with van der Waals surface area (Å²) in [6.45, 7) is 6.25. The molecule has 1 fully saturated rings. The number of carboxylic acid groups (broad SMARTS) is 2. The Bertz CT molecular complexity index is 1090. The van der Waals surface area contributed by atoms with Crippen LogP contribution in [0.4, 0.5) is 0 Å². The van der Waals surface area contributed by atoms with Gasteiger partial charge in [-0.15, -0.1) is 0 Å². The number of piperazine rings is 1. The van der Waals surface area contributed by atoms with E-state index in [-0.39, 0.29) is 0 Å². The van der Waals surface area contributed by atoms with Crippen LogP contribution in [0.15, 0.2) is 78.9 Å². The van der Waals surface area contributed by atoms with Crippen molar-refractivity contribution in [3.63, 3.8) is 0 Å². The molecule has 0 aromatic heterocycles. The van der Waals surface area contributed by atoms with Crippen LogP contribution >= 0.6 is 0 Å². The third-order valence-electron chi connectivity index (χ3n) is 5.47. The number of rotatable bonds is 7. The van der Waals surface area contributed by atoms with Crippen molar-refractivity contribution in [2.45, 2.75) is 13.1 Å².